The van der Waals surface area contributed by atoms with Crippen molar-refractivity contribution < 1.29 is 22.8 Å². The number of ether oxygens (including phenoxy) is 1. The molecule has 8 heteroatoms. The Morgan fingerprint density at radius 1 is 1.06 bits per heavy atom. The molecule has 2 aliphatic heterocycles. The number of nitrogens with zero attached hydrogens (tertiary/aromatic N) is 1. The number of quaternary nitrogens is 1. The first-order valence-corrected chi connectivity index (χ1v) is 12.3. The SMILES string of the molecule is O=C(NCCC[NH+]1CCOCC1)c1cccc(S(=O)(=O)N2CCc3ccccc3C2)c1. The molecule has 2 aromatic rings. The molecular weight excluding hydrogens is 414 g/mol. The lowest BCUT2D eigenvalue weighted by Crippen LogP contribution is -3.14. The van der Waals surface area contributed by atoms with Crippen LogP contribution in [0.5, 0.6) is 0 Å². The zero-order chi connectivity index (χ0) is 21.7. The van der Waals surface area contributed by atoms with Crippen LogP contribution in [0.15, 0.2) is 53.4 Å². The highest BCUT2D eigenvalue weighted by atomic mass is 32.2. The van der Waals surface area contributed by atoms with E-state index in [2.05, 4.69) is 5.32 Å². The highest BCUT2D eigenvalue weighted by Crippen LogP contribution is 2.25. The maximum Gasteiger partial charge on any atom is 0.251 e. The van der Waals surface area contributed by atoms with Gasteiger partial charge in [-0.25, -0.2) is 8.42 Å². The third-order valence-electron chi connectivity index (χ3n) is 6.02. The average molecular weight is 445 g/mol. The van der Waals surface area contributed by atoms with Gasteiger partial charge >= 0.3 is 0 Å². The molecule has 2 N–H and O–H groups in total. The molecule has 0 atom stereocenters. The Morgan fingerprint density at radius 2 is 1.84 bits per heavy atom. The Bertz CT molecular complexity index is 1020. The number of amides is 1. The Hall–Kier alpha value is -2.26. The van der Waals surface area contributed by atoms with Crippen molar-refractivity contribution in [3.05, 3.63) is 65.2 Å². The maximum atomic E-state index is 13.2. The molecular formula is C23H30N3O4S+. The van der Waals surface area contributed by atoms with Crippen LogP contribution in [-0.4, -0.2) is 64.6 Å². The van der Waals surface area contributed by atoms with Gasteiger partial charge < -0.3 is 15.0 Å². The van der Waals surface area contributed by atoms with Crippen molar-refractivity contribution in [2.45, 2.75) is 24.3 Å². The zero-order valence-electron chi connectivity index (χ0n) is 17.7. The number of hydrogen-bond donors (Lipinski definition) is 2. The fraction of sp³-hybridized carbons (Fsp3) is 0.435. The molecule has 1 amide bonds. The van der Waals surface area contributed by atoms with Gasteiger partial charge in [-0.3, -0.25) is 4.79 Å². The molecule has 166 valence electrons. The van der Waals surface area contributed by atoms with Gasteiger partial charge in [-0.05, 0) is 35.7 Å². The fourth-order valence-corrected chi connectivity index (χ4v) is 5.64. The van der Waals surface area contributed by atoms with Crippen LogP contribution in [0.2, 0.25) is 0 Å². The maximum absolute atomic E-state index is 13.2. The van der Waals surface area contributed by atoms with Gasteiger partial charge in [0.1, 0.15) is 13.1 Å². The second-order valence-electron chi connectivity index (χ2n) is 8.11. The summed E-state index contributed by atoms with van der Waals surface area (Å²) < 4.78 is 33.2. The van der Waals surface area contributed by atoms with Crippen LogP contribution in [0, 0.1) is 0 Å². The number of morpholine rings is 1. The third kappa shape index (κ3) is 5.33. The molecule has 0 bridgehead atoms. The number of sulfonamides is 1. The topological polar surface area (TPSA) is 80.1 Å². The number of hydrogen-bond acceptors (Lipinski definition) is 4. The van der Waals surface area contributed by atoms with Crippen molar-refractivity contribution in [1.29, 1.82) is 0 Å². The van der Waals surface area contributed by atoms with Crippen molar-refractivity contribution in [3.8, 4) is 0 Å². The summed E-state index contributed by atoms with van der Waals surface area (Å²) in [4.78, 5) is 14.2. The first-order chi connectivity index (χ1) is 15.0. The van der Waals surface area contributed by atoms with E-state index in [0.29, 0.717) is 31.6 Å². The molecule has 0 radical (unpaired) electrons. The summed E-state index contributed by atoms with van der Waals surface area (Å²) >= 11 is 0. The van der Waals surface area contributed by atoms with Crippen molar-refractivity contribution in [2.75, 3.05) is 45.9 Å². The van der Waals surface area contributed by atoms with Crippen molar-refractivity contribution >= 4 is 15.9 Å². The largest absolute Gasteiger partial charge is 0.370 e. The zero-order valence-corrected chi connectivity index (χ0v) is 18.5. The fourth-order valence-electron chi connectivity index (χ4n) is 4.17. The molecule has 1 saturated heterocycles. The monoisotopic (exact) mass is 444 g/mol. The molecule has 7 nitrogen and oxygen atoms in total. The van der Waals surface area contributed by atoms with E-state index in [9.17, 15) is 13.2 Å². The lowest BCUT2D eigenvalue weighted by atomic mass is 10.0. The Morgan fingerprint density at radius 3 is 2.65 bits per heavy atom. The molecule has 1 fully saturated rings. The molecule has 2 aromatic carbocycles. The molecule has 2 heterocycles. The number of carbonyl (C=O) groups is 1. The van der Waals surface area contributed by atoms with Gasteiger partial charge in [-0.1, -0.05) is 30.3 Å². The van der Waals surface area contributed by atoms with Crippen molar-refractivity contribution in [3.63, 3.8) is 0 Å². The van der Waals surface area contributed by atoms with Crippen molar-refractivity contribution in [1.82, 2.24) is 9.62 Å². The van der Waals surface area contributed by atoms with Crippen LogP contribution in [0.3, 0.4) is 0 Å². The number of fused-ring (bicyclic) bond motifs is 1. The van der Waals surface area contributed by atoms with Crippen LogP contribution < -0.4 is 10.2 Å². The van der Waals surface area contributed by atoms with E-state index in [1.807, 2.05) is 24.3 Å². The number of nitrogens with one attached hydrogen (secondary N) is 2. The number of benzene rings is 2. The van der Waals surface area contributed by atoms with Gasteiger partial charge in [-0.15, -0.1) is 0 Å². The Kier molecular flexibility index (Phi) is 7.02. The molecule has 4 rings (SSSR count). The van der Waals surface area contributed by atoms with E-state index >= 15 is 0 Å². The molecule has 31 heavy (non-hydrogen) atoms. The highest BCUT2D eigenvalue weighted by molar-refractivity contribution is 7.89. The van der Waals surface area contributed by atoms with E-state index in [4.69, 9.17) is 4.74 Å². The second-order valence-corrected chi connectivity index (χ2v) is 10.0. The lowest BCUT2D eigenvalue weighted by molar-refractivity contribution is -0.908. The van der Waals surface area contributed by atoms with E-state index in [-0.39, 0.29) is 10.8 Å². The van der Waals surface area contributed by atoms with Gasteiger partial charge in [0, 0.05) is 31.6 Å². The van der Waals surface area contributed by atoms with E-state index in [1.54, 1.807) is 18.2 Å². The first kappa shape index (κ1) is 22.0. The van der Waals surface area contributed by atoms with Gasteiger partial charge in [0.15, 0.2) is 0 Å². The lowest BCUT2D eigenvalue weighted by Gasteiger charge is -2.28. The summed E-state index contributed by atoms with van der Waals surface area (Å²) in [6.45, 7) is 5.98. The standard InChI is InChI=1S/C23H29N3O4S/c27-23(24-10-4-11-25-13-15-30-16-14-25)20-7-3-8-22(17-20)31(28,29)26-12-9-19-5-1-2-6-21(19)18-26/h1-3,5-8,17H,4,9-16,18H2,(H,24,27)/p+1. The first-order valence-electron chi connectivity index (χ1n) is 10.9. The minimum absolute atomic E-state index is 0.164. The van der Waals surface area contributed by atoms with E-state index in [1.165, 1.54) is 20.8 Å². The van der Waals surface area contributed by atoms with Crippen LogP contribution in [0.4, 0.5) is 0 Å². The summed E-state index contributed by atoms with van der Waals surface area (Å²) in [6, 6.07) is 14.3. The quantitative estimate of drug-likeness (QED) is 0.609. The second kappa shape index (κ2) is 9.91. The van der Waals surface area contributed by atoms with Crippen LogP contribution in [-0.2, 0) is 27.7 Å². The summed E-state index contributed by atoms with van der Waals surface area (Å²) in [6.07, 6.45) is 1.58. The normalized spacial score (nSPS) is 17.8. The van der Waals surface area contributed by atoms with Gasteiger partial charge in [0.2, 0.25) is 10.0 Å². The molecule has 0 saturated carbocycles. The summed E-state index contributed by atoms with van der Waals surface area (Å²) in [5.74, 6) is -0.238. The molecule has 0 unspecified atom stereocenters. The molecule has 0 aromatic heterocycles. The summed E-state index contributed by atoms with van der Waals surface area (Å²) in [5, 5.41) is 2.92. The Labute approximate surface area is 184 Å². The van der Waals surface area contributed by atoms with Crippen LogP contribution in [0.25, 0.3) is 0 Å². The number of rotatable bonds is 7. The Balaban J connectivity index is 1.36. The predicted molar refractivity (Wildman–Crippen MR) is 118 cm³/mol. The average Bonchev–Trinajstić information content (AvgIpc) is 2.82. The predicted octanol–water partition coefficient (Wildman–Crippen LogP) is 0.469. The highest BCUT2D eigenvalue weighted by Gasteiger charge is 2.28. The van der Waals surface area contributed by atoms with E-state index < -0.39 is 10.0 Å². The number of carbonyl (C=O) groups excluding carboxylic acids is 1. The molecule has 0 spiro atoms. The van der Waals surface area contributed by atoms with Gasteiger partial charge in [0.05, 0.1) is 24.7 Å². The van der Waals surface area contributed by atoms with Gasteiger partial charge in [0.25, 0.3) is 5.91 Å². The third-order valence-corrected chi connectivity index (χ3v) is 7.86. The smallest absolute Gasteiger partial charge is 0.251 e. The minimum atomic E-state index is -3.66. The van der Waals surface area contributed by atoms with Crippen molar-refractivity contribution in [2.24, 2.45) is 0 Å². The molecule has 0 aliphatic carbocycles. The minimum Gasteiger partial charge on any atom is -0.370 e. The van der Waals surface area contributed by atoms with Gasteiger partial charge in [-0.2, -0.15) is 4.31 Å². The molecule has 2 aliphatic rings. The van der Waals surface area contributed by atoms with E-state index in [0.717, 1.165) is 44.8 Å². The van der Waals surface area contributed by atoms with Crippen LogP contribution in [0.1, 0.15) is 27.9 Å². The van der Waals surface area contributed by atoms with Crippen LogP contribution >= 0.6 is 0 Å². The summed E-state index contributed by atoms with van der Waals surface area (Å²) in [7, 11) is -3.66. The summed E-state index contributed by atoms with van der Waals surface area (Å²) in [5.41, 5.74) is 2.60.